The van der Waals surface area contributed by atoms with Gasteiger partial charge in [-0.05, 0) is 5.56 Å². The number of carbonyl (C=O) groups excluding carboxylic acids is 1. The molecule has 2 aromatic rings. The third kappa shape index (κ3) is 3.00. The molecular weight excluding hydrogens is 296 g/mol. The van der Waals surface area contributed by atoms with Gasteiger partial charge in [0.05, 0.1) is 19.3 Å². The molecule has 0 aliphatic carbocycles. The fraction of sp³-hybridized carbons (Fsp3) is 0.412. The van der Waals surface area contributed by atoms with Gasteiger partial charge in [0, 0.05) is 13.0 Å². The summed E-state index contributed by atoms with van der Waals surface area (Å²) >= 11 is 0. The van der Waals surface area contributed by atoms with Crippen molar-refractivity contribution in [2.24, 2.45) is 0 Å². The van der Waals surface area contributed by atoms with Crippen LogP contribution < -0.4 is 0 Å². The van der Waals surface area contributed by atoms with Crippen LogP contribution in [0.15, 0.2) is 41.1 Å². The second-order valence-corrected chi connectivity index (χ2v) is 5.42. The molecule has 2 heterocycles. The van der Waals surface area contributed by atoms with Crippen LogP contribution in [0.25, 0.3) is 0 Å². The summed E-state index contributed by atoms with van der Waals surface area (Å²) in [5.74, 6) is 0.389. The molecule has 1 aliphatic rings. The van der Waals surface area contributed by atoms with Gasteiger partial charge in [0.25, 0.3) is 5.91 Å². The fourth-order valence-corrected chi connectivity index (χ4v) is 2.99. The number of aryl methyl sites for hydroxylation is 1. The maximum absolute atomic E-state index is 13.0. The van der Waals surface area contributed by atoms with E-state index < -0.39 is 6.10 Å². The topological polar surface area (TPSA) is 75.8 Å². The highest BCUT2D eigenvalue weighted by Gasteiger charge is 2.37. The molecule has 2 atom stereocenters. The highest BCUT2D eigenvalue weighted by molar-refractivity contribution is 5.93. The van der Waals surface area contributed by atoms with E-state index in [1.807, 2.05) is 37.3 Å². The average molecular weight is 316 g/mol. The average Bonchev–Trinajstić information content (AvgIpc) is 3.09. The Morgan fingerprint density at radius 1 is 1.39 bits per heavy atom. The van der Waals surface area contributed by atoms with Crippen LogP contribution in [0.3, 0.4) is 0 Å². The number of hydrogen-bond acceptors (Lipinski definition) is 5. The number of morpholine rings is 1. The number of carbonyl (C=O) groups is 1. The third-order valence-corrected chi connectivity index (χ3v) is 4.10. The molecule has 0 bridgehead atoms. The van der Waals surface area contributed by atoms with Gasteiger partial charge in [0.15, 0.2) is 12.1 Å². The molecule has 0 unspecified atom stereocenters. The van der Waals surface area contributed by atoms with E-state index in [2.05, 4.69) is 4.98 Å². The molecule has 6 nitrogen and oxygen atoms in total. The lowest BCUT2D eigenvalue weighted by atomic mass is 9.98. The van der Waals surface area contributed by atoms with Crippen LogP contribution in [0.2, 0.25) is 0 Å². The maximum atomic E-state index is 13.0. The van der Waals surface area contributed by atoms with Crippen molar-refractivity contribution in [2.45, 2.75) is 25.5 Å². The molecule has 1 aromatic carbocycles. The summed E-state index contributed by atoms with van der Waals surface area (Å²) in [5.41, 5.74) is 1.27. The number of amides is 1. The van der Waals surface area contributed by atoms with Crippen molar-refractivity contribution >= 4 is 5.91 Å². The minimum absolute atomic E-state index is 0.150. The van der Waals surface area contributed by atoms with E-state index in [1.54, 1.807) is 4.90 Å². The van der Waals surface area contributed by atoms with Crippen molar-refractivity contribution in [1.82, 2.24) is 9.88 Å². The third-order valence-electron chi connectivity index (χ3n) is 4.10. The molecule has 1 fully saturated rings. The Labute approximate surface area is 134 Å². The number of benzene rings is 1. The second kappa shape index (κ2) is 6.93. The van der Waals surface area contributed by atoms with E-state index in [0.29, 0.717) is 31.0 Å². The molecule has 1 amide bonds. The van der Waals surface area contributed by atoms with Crippen molar-refractivity contribution in [3.8, 4) is 0 Å². The summed E-state index contributed by atoms with van der Waals surface area (Å²) in [6.07, 6.45) is 1.45. The lowest BCUT2D eigenvalue weighted by molar-refractivity contribution is -0.0813. The highest BCUT2D eigenvalue weighted by atomic mass is 16.5. The van der Waals surface area contributed by atoms with Gasteiger partial charge < -0.3 is 19.2 Å². The lowest BCUT2D eigenvalue weighted by Crippen LogP contribution is -2.49. The highest BCUT2D eigenvalue weighted by Crippen LogP contribution is 2.31. The van der Waals surface area contributed by atoms with Crippen LogP contribution in [0.5, 0.6) is 0 Å². The van der Waals surface area contributed by atoms with Crippen LogP contribution >= 0.6 is 0 Å². The summed E-state index contributed by atoms with van der Waals surface area (Å²) in [6, 6.07) is 9.27. The van der Waals surface area contributed by atoms with Gasteiger partial charge in [-0.25, -0.2) is 4.98 Å². The Balaban J connectivity index is 1.96. The number of oxazole rings is 1. The van der Waals surface area contributed by atoms with E-state index in [0.717, 1.165) is 5.56 Å². The molecule has 1 aromatic heterocycles. The predicted molar refractivity (Wildman–Crippen MR) is 82.9 cm³/mol. The first-order valence-corrected chi connectivity index (χ1v) is 7.77. The SMILES string of the molecule is CCc1ocnc1C(=O)N1CCO[C@H](CO)[C@H]1c1ccccc1. The quantitative estimate of drug-likeness (QED) is 0.931. The molecule has 1 aliphatic heterocycles. The number of aliphatic hydroxyl groups excluding tert-OH is 1. The van der Waals surface area contributed by atoms with Crippen LogP contribution in [0.1, 0.15) is 34.8 Å². The van der Waals surface area contributed by atoms with Gasteiger partial charge in [-0.15, -0.1) is 0 Å². The van der Waals surface area contributed by atoms with Gasteiger partial charge in [-0.2, -0.15) is 0 Å². The standard InChI is InChI=1S/C17H20N2O4/c1-2-13-15(18-11-23-13)17(21)19-8-9-22-14(10-20)16(19)12-6-4-3-5-7-12/h3-7,11,14,16,20H,2,8-10H2,1H3/t14-,16-/m1/s1. The molecule has 122 valence electrons. The zero-order valence-corrected chi connectivity index (χ0v) is 13.0. The van der Waals surface area contributed by atoms with Gasteiger partial charge >= 0.3 is 0 Å². The summed E-state index contributed by atoms with van der Waals surface area (Å²) in [7, 11) is 0. The minimum Gasteiger partial charge on any atom is -0.448 e. The minimum atomic E-state index is -0.452. The first-order chi connectivity index (χ1) is 11.3. The number of ether oxygens (including phenoxy) is 1. The van der Waals surface area contributed by atoms with Crippen molar-refractivity contribution in [1.29, 1.82) is 0 Å². The predicted octanol–water partition coefficient (Wildman–Crippen LogP) is 1.81. The van der Waals surface area contributed by atoms with Crippen molar-refractivity contribution in [2.75, 3.05) is 19.8 Å². The van der Waals surface area contributed by atoms with E-state index in [4.69, 9.17) is 9.15 Å². The molecule has 1 saturated heterocycles. The number of aromatic nitrogens is 1. The molecule has 0 spiro atoms. The Morgan fingerprint density at radius 2 is 2.17 bits per heavy atom. The van der Waals surface area contributed by atoms with Crippen molar-refractivity contribution < 1.29 is 19.1 Å². The molecule has 0 radical (unpaired) electrons. The first-order valence-electron chi connectivity index (χ1n) is 7.77. The Bertz CT molecular complexity index is 656. The van der Waals surface area contributed by atoms with Crippen LogP contribution in [0.4, 0.5) is 0 Å². The molecule has 6 heteroatoms. The maximum Gasteiger partial charge on any atom is 0.276 e. The Hall–Kier alpha value is -2.18. The van der Waals surface area contributed by atoms with Gasteiger partial charge in [0.1, 0.15) is 11.9 Å². The lowest BCUT2D eigenvalue weighted by Gasteiger charge is -2.40. The zero-order valence-electron chi connectivity index (χ0n) is 13.0. The van der Waals surface area contributed by atoms with E-state index in [9.17, 15) is 9.90 Å². The van der Waals surface area contributed by atoms with Gasteiger partial charge in [-0.3, -0.25) is 4.79 Å². The zero-order chi connectivity index (χ0) is 16.2. The molecule has 23 heavy (non-hydrogen) atoms. The summed E-state index contributed by atoms with van der Waals surface area (Å²) < 4.78 is 10.9. The van der Waals surface area contributed by atoms with E-state index >= 15 is 0 Å². The summed E-state index contributed by atoms with van der Waals surface area (Å²) in [5, 5.41) is 9.66. The molecule has 3 rings (SSSR count). The van der Waals surface area contributed by atoms with Crippen LogP contribution in [-0.2, 0) is 11.2 Å². The van der Waals surface area contributed by atoms with Crippen molar-refractivity contribution in [3.05, 3.63) is 53.7 Å². The van der Waals surface area contributed by atoms with Gasteiger partial charge in [0.2, 0.25) is 0 Å². The van der Waals surface area contributed by atoms with Gasteiger partial charge in [-0.1, -0.05) is 37.3 Å². The number of rotatable bonds is 4. The Morgan fingerprint density at radius 3 is 2.87 bits per heavy atom. The fourth-order valence-electron chi connectivity index (χ4n) is 2.99. The molecular formula is C17H20N2O4. The Kier molecular flexibility index (Phi) is 4.73. The second-order valence-electron chi connectivity index (χ2n) is 5.42. The number of nitrogens with zero attached hydrogens (tertiary/aromatic N) is 2. The van der Waals surface area contributed by atoms with E-state index in [1.165, 1.54) is 6.39 Å². The molecule has 1 N–H and O–H groups in total. The summed E-state index contributed by atoms with van der Waals surface area (Å²) in [4.78, 5) is 18.8. The summed E-state index contributed by atoms with van der Waals surface area (Å²) in [6.45, 7) is 2.61. The largest absolute Gasteiger partial charge is 0.448 e. The monoisotopic (exact) mass is 316 g/mol. The van der Waals surface area contributed by atoms with Crippen molar-refractivity contribution in [3.63, 3.8) is 0 Å². The van der Waals surface area contributed by atoms with E-state index in [-0.39, 0.29) is 18.6 Å². The van der Waals surface area contributed by atoms with Crippen LogP contribution in [-0.4, -0.2) is 46.8 Å². The van der Waals surface area contributed by atoms with Crippen LogP contribution in [0, 0.1) is 0 Å². The first kappa shape index (κ1) is 15.7. The number of hydrogen-bond donors (Lipinski definition) is 1. The normalized spacial score (nSPS) is 21.4. The number of aliphatic hydroxyl groups is 1. The molecule has 0 saturated carbocycles. The smallest absolute Gasteiger partial charge is 0.276 e.